The molecule has 0 bridgehead atoms. The molecule has 3 nitrogen and oxygen atoms in total. The third-order valence-corrected chi connectivity index (χ3v) is 8.17. The van der Waals surface area contributed by atoms with E-state index in [9.17, 15) is 4.79 Å². The van der Waals surface area contributed by atoms with Gasteiger partial charge in [0.05, 0.1) is 18.6 Å². The van der Waals surface area contributed by atoms with Gasteiger partial charge in [-0.15, -0.1) is 6.58 Å². The number of hydrogen-bond donors (Lipinski definition) is 0. The number of methoxy groups -OCH3 is 1. The van der Waals surface area contributed by atoms with E-state index in [2.05, 4.69) is 40.4 Å². The van der Waals surface area contributed by atoms with Crippen LogP contribution in [-0.2, 0) is 14.0 Å². The molecule has 4 heteroatoms. The van der Waals surface area contributed by atoms with Crippen LogP contribution in [0.15, 0.2) is 12.7 Å². The molecule has 0 heterocycles. The van der Waals surface area contributed by atoms with Gasteiger partial charge in [0.15, 0.2) is 8.32 Å². The van der Waals surface area contributed by atoms with Gasteiger partial charge >= 0.3 is 0 Å². The second kappa shape index (κ2) is 7.21. The van der Waals surface area contributed by atoms with Crippen LogP contribution < -0.4 is 0 Å². The van der Waals surface area contributed by atoms with Gasteiger partial charge in [0, 0.05) is 7.11 Å². The zero-order valence-corrected chi connectivity index (χ0v) is 13.7. The molecule has 106 valence electrons. The Morgan fingerprint density at radius 2 is 1.89 bits per heavy atom. The summed E-state index contributed by atoms with van der Waals surface area (Å²) in [6.45, 7) is 15.1. The van der Waals surface area contributed by atoms with Crippen LogP contribution in [0.4, 0.5) is 0 Å². The highest BCUT2D eigenvalue weighted by atomic mass is 28.4. The molecule has 0 saturated carbocycles. The third-order valence-electron chi connectivity index (χ3n) is 3.66. The summed E-state index contributed by atoms with van der Waals surface area (Å²) in [5, 5.41) is 0.132. The van der Waals surface area contributed by atoms with E-state index in [-0.39, 0.29) is 17.1 Å². The Kier molecular flexibility index (Phi) is 7.03. The van der Waals surface area contributed by atoms with E-state index >= 15 is 0 Å². The maximum atomic E-state index is 11.2. The lowest BCUT2D eigenvalue weighted by atomic mass is 10.0. The van der Waals surface area contributed by atoms with Gasteiger partial charge in [0.1, 0.15) is 6.29 Å². The molecule has 0 spiro atoms. The van der Waals surface area contributed by atoms with Crippen molar-refractivity contribution in [2.24, 2.45) is 5.92 Å². The molecular formula is C14H28O3Si. The standard InChI is InChI=1S/C14H28O3Si/c1-8-9-13(12(10-15)11-16-5)17-18(6,7)14(2,3)4/h8,10,12-13H,1,9,11H2,2-7H3. The van der Waals surface area contributed by atoms with Gasteiger partial charge in [-0.3, -0.25) is 0 Å². The Labute approximate surface area is 113 Å². The first-order chi connectivity index (χ1) is 8.19. The van der Waals surface area contributed by atoms with Gasteiger partial charge in [0.25, 0.3) is 0 Å². The maximum Gasteiger partial charge on any atom is 0.192 e. The highest BCUT2D eigenvalue weighted by molar-refractivity contribution is 6.74. The zero-order valence-electron chi connectivity index (χ0n) is 12.7. The monoisotopic (exact) mass is 272 g/mol. The topological polar surface area (TPSA) is 35.5 Å². The molecule has 0 aromatic rings. The van der Waals surface area contributed by atoms with Crippen molar-refractivity contribution in [3.05, 3.63) is 12.7 Å². The van der Waals surface area contributed by atoms with Gasteiger partial charge in [-0.25, -0.2) is 0 Å². The molecular weight excluding hydrogens is 244 g/mol. The molecule has 0 aliphatic heterocycles. The van der Waals surface area contributed by atoms with Gasteiger partial charge in [-0.05, 0) is 24.6 Å². The fourth-order valence-electron chi connectivity index (χ4n) is 1.46. The van der Waals surface area contributed by atoms with Crippen molar-refractivity contribution in [1.82, 2.24) is 0 Å². The molecule has 0 aromatic heterocycles. The van der Waals surface area contributed by atoms with Crippen molar-refractivity contribution in [3.8, 4) is 0 Å². The summed E-state index contributed by atoms with van der Waals surface area (Å²) < 4.78 is 11.4. The van der Waals surface area contributed by atoms with E-state index in [4.69, 9.17) is 9.16 Å². The van der Waals surface area contributed by atoms with E-state index < -0.39 is 8.32 Å². The van der Waals surface area contributed by atoms with Crippen LogP contribution in [0.2, 0.25) is 18.1 Å². The van der Waals surface area contributed by atoms with Crippen LogP contribution in [0.3, 0.4) is 0 Å². The minimum absolute atomic E-state index is 0.124. The van der Waals surface area contributed by atoms with E-state index in [1.165, 1.54) is 0 Å². The highest BCUT2D eigenvalue weighted by Crippen LogP contribution is 2.38. The fraction of sp³-hybridized carbons (Fsp3) is 0.786. The Bertz CT molecular complexity index is 269. The Balaban J connectivity index is 4.90. The van der Waals surface area contributed by atoms with Crippen LogP contribution in [-0.4, -0.2) is 34.4 Å². The summed E-state index contributed by atoms with van der Waals surface area (Å²) in [5.74, 6) is -0.220. The first-order valence-corrected chi connectivity index (χ1v) is 9.33. The van der Waals surface area contributed by atoms with Gasteiger partial charge in [-0.2, -0.15) is 0 Å². The quantitative estimate of drug-likeness (QED) is 0.386. The zero-order chi connectivity index (χ0) is 14.4. The third kappa shape index (κ3) is 5.04. The van der Waals surface area contributed by atoms with Gasteiger partial charge in [-0.1, -0.05) is 26.8 Å². The van der Waals surface area contributed by atoms with E-state index in [1.54, 1.807) is 7.11 Å². The molecule has 2 unspecified atom stereocenters. The average Bonchev–Trinajstić information content (AvgIpc) is 2.23. The number of aldehydes is 1. The molecule has 18 heavy (non-hydrogen) atoms. The Hall–Kier alpha value is -0.453. The molecule has 2 atom stereocenters. The van der Waals surface area contributed by atoms with Crippen molar-refractivity contribution in [1.29, 1.82) is 0 Å². The van der Waals surface area contributed by atoms with Crippen LogP contribution in [0.1, 0.15) is 27.2 Å². The summed E-state index contributed by atoms with van der Waals surface area (Å²) in [7, 11) is -0.271. The predicted molar refractivity (Wildman–Crippen MR) is 78.3 cm³/mol. The van der Waals surface area contributed by atoms with Crippen molar-refractivity contribution in [2.75, 3.05) is 13.7 Å². The molecule has 0 radical (unpaired) electrons. The number of hydrogen-bond acceptors (Lipinski definition) is 3. The van der Waals surface area contributed by atoms with Crippen LogP contribution in [0.25, 0.3) is 0 Å². The largest absolute Gasteiger partial charge is 0.413 e. The average molecular weight is 272 g/mol. The Morgan fingerprint density at radius 1 is 1.33 bits per heavy atom. The summed E-state index contributed by atoms with van der Waals surface area (Å²) >= 11 is 0. The molecule has 0 rings (SSSR count). The summed E-state index contributed by atoms with van der Waals surface area (Å²) in [5.41, 5.74) is 0. The van der Waals surface area contributed by atoms with E-state index in [0.717, 1.165) is 6.29 Å². The number of rotatable bonds is 8. The number of ether oxygens (including phenoxy) is 1. The Morgan fingerprint density at radius 3 is 2.22 bits per heavy atom. The lowest BCUT2D eigenvalue weighted by Gasteiger charge is -2.40. The van der Waals surface area contributed by atoms with Crippen molar-refractivity contribution in [2.45, 2.75) is 51.4 Å². The lowest BCUT2D eigenvalue weighted by Crippen LogP contribution is -2.46. The van der Waals surface area contributed by atoms with Crippen LogP contribution in [0.5, 0.6) is 0 Å². The van der Waals surface area contributed by atoms with Crippen LogP contribution in [0, 0.1) is 5.92 Å². The molecule has 0 fully saturated rings. The highest BCUT2D eigenvalue weighted by Gasteiger charge is 2.40. The number of carbonyl (C=O) groups excluding carboxylic acids is 1. The van der Waals surface area contributed by atoms with Gasteiger partial charge in [0.2, 0.25) is 0 Å². The normalized spacial score (nSPS) is 16.1. The molecule has 0 saturated heterocycles. The molecule has 0 aliphatic carbocycles. The molecule has 0 aromatic carbocycles. The number of carbonyl (C=O) groups is 1. The van der Waals surface area contributed by atoms with Crippen molar-refractivity contribution < 1.29 is 14.0 Å². The molecule has 0 aliphatic rings. The van der Waals surface area contributed by atoms with E-state index in [0.29, 0.717) is 13.0 Å². The minimum Gasteiger partial charge on any atom is -0.413 e. The summed E-state index contributed by atoms with van der Waals surface area (Å²) in [6.07, 6.45) is 3.30. The van der Waals surface area contributed by atoms with Crippen molar-refractivity contribution >= 4 is 14.6 Å². The SMILES string of the molecule is C=CCC(O[Si](C)(C)C(C)(C)C)C(C=O)COC. The maximum absolute atomic E-state index is 11.2. The van der Waals surface area contributed by atoms with Crippen LogP contribution >= 0.6 is 0 Å². The predicted octanol–water partition coefficient (Wildman–Crippen LogP) is 3.41. The fourth-order valence-corrected chi connectivity index (χ4v) is 2.84. The van der Waals surface area contributed by atoms with Crippen molar-refractivity contribution in [3.63, 3.8) is 0 Å². The second-order valence-corrected chi connectivity index (χ2v) is 11.0. The summed E-state index contributed by atoms with van der Waals surface area (Å²) in [6, 6.07) is 0. The first kappa shape index (κ1) is 17.5. The summed E-state index contributed by atoms with van der Waals surface area (Å²) in [4.78, 5) is 11.2. The lowest BCUT2D eigenvalue weighted by molar-refractivity contribution is -0.115. The smallest absolute Gasteiger partial charge is 0.192 e. The first-order valence-electron chi connectivity index (χ1n) is 6.42. The molecule has 0 N–H and O–H groups in total. The second-order valence-electron chi connectivity index (χ2n) is 6.20. The molecule has 0 amide bonds. The minimum atomic E-state index is -1.88. The van der Waals surface area contributed by atoms with Gasteiger partial charge < -0.3 is 14.0 Å². The van der Waals surface area contributed by atoms with E-state index in [1.807, 2.05) is 6.08 Å².